The van der Waals surface area contributed by atoms with Crippen molar-refractivity contribution in [1.82, 2.24) is 0 Å². The number of hydrogen-bond donors (Lipinski definition) is 1. The number of aliphatic hydroxyl groups is 1. The second kappa shape index (κ2) is 6.85. The number of benzene rings is 1. The van der Waals surface area contributed by atoms with Gasteiger partial charge in [0, 0.05) is 23.7 Å². The Labute approximate surface area is 119 Å². The van der Waals surface area contributed by atoms with Crippen LogP contribution < -0.4 is 0 Å². The molecule has 100 valence electrons. The van der Waals surface area contributed by atoms with Gasteiger partial charge >= 0.3 is 7.60 Å². The summed E-state index contributed by atoms with van der Waals surface area (Å²) >= 11 is 9.33. The summed E-state index contributed by atoms with van der Waals surface area (Å²) < 4.78 is 22.1. The van der Waals surface area contributed by atoms with Gasteiger partial charge in [0.15, 0.2) is 5.85 Å². The predicted octanol–water partition coefficient (Wildman–Crippen LogP) is 3.83. The van der Waals surface area contributed by atoms with Crippen molar-refractivity contribution in [3.63, 3.8) is 0 Å². The molecule has 0 aromatic heterocycles. The molecular formula is C11H13BrClO4P. The van der Waals surface area contributed by atoms with Crippen LogP contribution in [0.4, 0.5) is 0 Å². The second-order valence-electron chi connectivity index (χ2n) is 3.34. The van der Waals surface area contributed by atoms with Gasteiger partial charge in [-0.05, 0) is 23.8 Å². The van der Waals surface area contributed by atoms with Crippen molar-refractivity contribution in [2.45, 2.75) is 5.85 Å². The fourth-order valence-electron chi connectivity index (χ4n) is 1.22. The van der Waals surface area contributed by atoms with Gasteiger partial charge in [-0.25, -0.2) is 0 Å². The van der Waals surface area contributed by atoms with Gasteiger partial charge in [0.25, 0.3) is 0 Å². The largest absolute Gasteiger partial charge is 0.377 e. The molecule has 18 heavy (non-hydrogen) atoms. The van der Waals surface area contributed by atoms with Crippen LogP contribution in [0.3, 0.4) is 0 Å². The molecule has 0 unspecified atom stereocenters. The minimum Gasteiger partial charge on any atom is -0.377 e. The van der Waals surface area contributed by atoms with Gasteiger partial charge in [-0.3, -0.25) is 4.57 Å². The van der Waals surface area contributed by atoms with Crippen molar-refractivity contribution in [1.29, 1.82) is 0 Å². The van der Waals surface area contributed by atoms with Crippen LogP contribution in [0.25, 0.3) is 5.03 Å². The summed E-state index contributed by atoms with van der Waals surface area (Å²) in [6, 6.07) is 7.15. The highest BCUT2D eigenvalue weighted by atomic mass is 79.9. The van der Waals surface area contributed by atoms with E-state index < -0.39 is 13.4 Å². The van der Waals surface area contributed by atoms with Crippen LogP contribution in [0.5, 0.6) is 0 Å². The van der Waals surface area contributed by atoms with E-state index >= 15 is 0 Å². The molecule has 0 aliphatic carbocycles. The first kappa shape index (κ1) is 15.9. The molecule has 1 atom stereocenters. The van der Waals surface area contributed by atoms with Crippen LogP contribution in [0, 0.1) is 0 Å². The number of rotatable bonds is 5. The third kappa shape index (κ3) is 3.92. The third-order valence-corrected chi connectivity index (χ3v) is 4.94. The van der Waals surface area contributed by atoms with E-state index in [4.69, 9.17) is 11.6 Å². The molecule has 7 heteroatoms. The molecule has 0 fully saturated rings. The van der Waals surface area contributed by atoms with E-state index in [1.54, 1.807) is 12.1 Å². The summed E-state index contributed by atoms with van der Waals surface area (Å²) in [5.74, 6) is -1.41. The van der Waals surface area contributed by atoms with Crippen molar-refractivity contribution in [2.75, 3.05) is 14.2 Å². The lowest BCUT2D eigenvalue weighted by molar-refractivity contribution is 0.201. The minimum absolute atomic E-state index is 0.268. The molecule has 0 bridgehead atoms. The average Bonchev–Trinajstić information content (AvgIpc) is 2.38. The zero-order chi connectivity index (χ0) is 13.8. The van der Waals surface area contributed by atoms with Crippen LogP contribution in [0.2, 0.25) is 0 Å². The highest BCUT2D eigenvalue weighted by molar-refractivity contribution is 9.10. The van der Waals surface area contributed by atoms with E-state index in [0.717, 1.165) is 4.47 Å². The van der Waals surface area contributed by atoms with Crippen molar-refractivity contribution < 1.29 is 18.7 Å². The Hall–Kier alpha value is -0.160. The van der Waals surface area contributed by atoms with Gasteiger partial charge in [0.05, 0.1) is 0 Å². The van der Waals surface area contributed by atoms with Crippen molar-refractivity contribution in [3.05, 3.63) is 40.4 Å². The Balaban J connectivity index is 2.96. The molecule has 0 heterocycles. The van der Waals surface area contributed by atoms with Crippen molar-refractivity contribution in [2.24, 2.45) is 0 Å². The first-order valence-corrected chi connectivity index (χ1v) is 7.73. The molecule has 4 nitrogen and oxygen atoms in total. The van der Waals surface area contributed by atoms with Gasteiger partial charge in [-0.15, -0.1) is 0 Å². The zero-order valence-electron chi connectivity index (χ0n) is 9.84. The van der Waals surface area contributed by atoms with Gasteiger partial charge < -0.3 is 14.2 Å². The average molecular weight is 356 g/mol. The molecule has 1 N–H and O–H groups in total. The van der Waals surface area contributed by atoms with E-state index in [2.05, 4.69) is 25.0 Å². The van der Waals surface area contributed by atoms with Crippen LogP contribution in [0.1, 0.15) is 5.56 Å². The van der Waals surface area contributed by atoms with Crippen LogP contribution >= 0.6 is 35.1 Å². The van der Waals surface area contributed by atoms with Crippen LogP contribution in [-0.4, -0.2) is 25.2 Å². The smallest absolute Gasteiger partial charge is 0.362 e. The Kier molecular flexibility index (Phi) is 6.05. The van der Waals surface area contributed by atoms with E-state index in [9.17, 15) is 9.67 Å². The Morgan fingerprint density at radius 1 is 1.39 bits per heavy atom. The summed E-state index contributed by atoms with van der Waals surface area (Å²) in [6.07, 6.45) is 1.23. The normalized spacial score (nSPS) is 14.6. The summed E-state index contributed by atoms with van der Waals surface area (Å²) in [7, 11) is -1.16. The number of halogens is 2. The number of aliphatic hydroxyl groups excluding tert-OH is 1. The van der Waals surface area contributed by atoms with Gasteiger partial charge in [0.2, 0.25) is 0 Å². The molecule has 1 aromatic rings. The third-order valence-electron chi connectivity index (χ3n) is 2.25. The number of hydrogen-bond acceptors (Lipinski definition) is 4. The lowest BCUT2D eigenvalue weighted by Crippen LogP contribution is -2.07. The lowest BCUT2D eigenvalue weighted by atomic mass is 10.2. The topological polar surface area (TPSA) is 55.8 Å². The van der Waals surface area contributed by atoms with Gasteiger partial charge in [-0.2, -0.15) is 0 Å². The molecule has 0 aliphatic rings. The molecule has 0 spiro atoms. The summed E-state index contributed by atoms with van der Waals surface area (Å²) in [4.78, 5) is 0. The highest BCUT2D eigenvalue weighted by Gasteiger charge is 2.30. The molecule has 0 saturated carbocycles. The van der Waals surface area contributed by atoms with Crippen LogP contribution in [-0.2, 0) is 13.6 Å². The monoisotopic (exact) mass is 354 g/mol. The Morgan fingerprint density at radius 2 is 1.89 bits per heavy atom. The summed E-state index contributed by atoms with van der Waals surface area (Å²) in [6.45, 7) is 0. The quantitative estimate of drug-likeness (QED) is 0.816. The first-order valence-electron chi connectivity index (χ1n) is 4.95. The molecule has 1 rings (SSSR count). The lowest BCUT2D eigenvalue weighted by Gasteiger charge is -2.17. The van der Waals surface area contributed by atoms with E-state index in [-0.39, 0.29) is 5.03 Å². The zero-order valence-corrected chi connectivity index (χ0v) is 13.1. The molecule has 0 amide bonds. The molecule has 0 aliphatic heterocycles. The maximum Gasteiger partial charge on any atom is 0.362 e. The summed E-state index contributed by atoms with van der Waals surface area (Å²) in [5, 5.41) is 10.0. The standard InChI is InChI=1S/C11H13BrClO4P/c1-16-18(15,17-2)11(14)7-10(13)8-3-5-9(12)6-4-8/h3-7,11,14H,1-2H3/b10-7+/t11-/m0/s1. The van der Waals surface area contributed by atoms with Crippen molar-refractivity contribution >= 4 is 40.2 Å². The first-order chi connectivity index (χ1) is 8.42. The van der Waals surface area contributed by atoms with E-state index in [0.29, 0.717) is 5.56 Å². The highest BCUT2D eigenvalue weighted by Crippen LogP contribution is 2.51. The van der Waals surface area contributed by atoms with E-state index in [1.807, 2.05) is 12.1 Å². The molecule has 0 radical (unpaired) electrons. The summed E-state index contributed by atoms with van der Waals surface area (Å²) in [5.41, 5.74) is 0.692. The SMILES string of the molecule is COP(=O)(OC)[C@H](O)/C=C(/Cl)c1ccc(Br)cc1. The fourth-order valence-corrected chi connectivity index (χ4v) is 2.73. The maximum absolute atomic E-state index is 11.9. The predicted molar refractivity (Wildman–Crippen MR) is 75.6 cm³/mol. The maximum atomic E-state index is 11.9. The van der Waals surface area contributed by atoms with E-state index in [1.165, 1.54) is 20.3 Å². The van der Waals surface area contributed by atoms with Gasteiger partial charge in [-0.1, -0.05) is 39.7 Å². The molecular weight excluding hydrogens is 342 g/mol. The van der Waals surface area contributed by atoms with Gasteiger partial charge in [0.1, 0.15) is 0 Å². The molecule has 1 aromatic carbocycles. The molecule has 0 saturated heterocycles. The fraction of sp³-hybridized carbons (Fsp3) is 0.273. The Morgan fingerprint density at radius 3 is 2.33 bits per heavy atom. The minimum atomic E-state index is -3.57. The van der Waals surface area contributed by atoms with Crippen LogP contribution in [0.15, 0.2) is 34.8 Å². The second-order valence-corrected chi connectivity index (χ2v) is 7.00. The van der Waals surface area contributed by atoms with Crippen molar-refractivity contribution in [3.8, 4) is 0 Å². The Bertz CT molecular complexity index is 466.